The number of aromatic nitrogens is 3. The number of aryl methyl sites for hydroxylation is 1. The van der Waals surface area contributed by atoms with Crippen LogP contribution in [0.2, 0.25) is 0 Å². The quantitative estimate of drug-likeness (QED) is 0.463. The van der Waals surface area contributed by atoms with E-state index in [4.69, 9.17) is 4.74 Å². The monoisotopic (exact) mass is 421 g/mol. The average molecular weight is 422 g/mol. The molecule has 7 nitrogen and oxygen atoms in total. The molecule has 2 heterocycles. The van der Waals surface area contributed by atoms with Crippen molar-refractivity contribution in [3.8, 4) is 5.75 Å². The first-order chi connectivity index (χ1) is 15.0. The van der Waals surface area contributed by atoms with E-state index in [1.165, 1.54) is 5.56 Å². The van der Waals surface area contributed by atoms with Gasteiger partial charge in [0.1, 0.15) is 5.75 Å². The van der Waals surface area contributed by atoms with Crippen LogP contribution in [-0.2, 0) is 12.8 Å². The van der Waals surface area contributed by atoms with Gasteiger partial charge in [0.05, 0.1) is 6.61 Å². The highest BCUT2D eigenvalue weighted by Gasteiger charge is 2.05. The third-order valence-corrected chi connectivity index (χ3v) is 4.87. The van der Waals surface area contributed by atoms with Crippen LogP contribution in [0.25, 0.3) is 0 Å². The molecule has 0 saturated carbocycles. The van der Waals surface area contributed by atoms with Crippen LogP contribution in [0.15, 0.2) is 53.6 Å². The highest BCUT2D eigenvalue weighted by molar-refractivity contribution is 5.29. The van der Waals surface area contributed by atoms with Crippen LogP contribution in [-0.4, -0.2) is 53.6 Å². The van der Waals surface area contributed by atoms with Gasteiger partial charge in [-0.25, -0.2) is 4.98 Å². The van der Waals surface area contributed by atoms with Gasteiger partial charge >= 0.3 is 0 Å². The first kappa shape index (κ1) is 22.5. The molecule has 0 fully saturated rings. The number of pyridine rings is 1. The lowest BCUT2D eigenvalue weighted by Gasteiger charge is -2.11. The number of H-pyrrole nitrogens is 1. The fraction of sp³-hybridized carbons (Fsp3) is 0.375. The second kappa shape index (κ2) is 11.3. The Morgan fingerprint density at radius 3 is 2.71 bits per heavy atom. The highest BCUT2D eigenvalue weighted by Crippen LogP contribution is 2.14. The number of likely N-dealkylation sites (N-methyl/N-ethyl adjacent to an activating group) is 1. The summed E-state index contributed by atoms with van der Waals surface area (Å²) in [6, 6.07) is 12.1. The van der Waals surface area contributed by atoms with Gasteiger partial charge in [-0.15, -0.1) is 0 Å². The third kappa shape index (κ3) is 7.53. The van der Waals surface area contributed by atoms with Crippen molar-refractivity contribution in [1.82, 2.24) is 19.9 Å². The molecule has 0 aliphatic rings. The number of rotatable bonds is 11. The van der Waals surface area contributed by atoms with Gasteiger partial charge < -0.3 is 15.0 Å². The molecule has 0 bridgehead atoms. The van der Waals surface area contributed by atoms with E-state index < -0.39 is 0 Å². The summed E-state index contributed by atoms with van der Waals surface area (Å²) in [5, 5.41) is 3.15. The second-order valence-electron chi connectivity index (χ2n) is 7.90. The molecule has 2 aromatic heterocycles. The molecule has 164 valence electrons. The Kier molecular flexibility index (Phi) is 8.18. The van der Waals surface area contributed by atoms with E-state index >= 15 is 0 Å². The Morgan fingerprint density at radius 2 is 1.97 bits per heavy atom. The van der Waals surface area contributed by atoms with Crippen molar-refractivity contribution in [3.63, 3.8) is 0 Å². The molecule has 3 aromatic rings. The van der Waals surface area contributed by atoms with Crippen LogP contribution < -0.4 is 15.6 Å². The van der Waals surface area contributed by atoms with Crippen LogP contribution in [0, 0.1) is 6.92 Å². The molecule has 0 aliphatic carbocycles. The minimum absolute atomic E-state index is 0.135. The minimum atomic E-state index is -0.135. The fourth-order valence-electron chi connectivity index (χ4n) is 3.07. The van der Waals surface area contributed by atoms with Gasteiger partial charge in [0.2, 0.25) is 5.95 Å². The topological polar surface area (TPSA) is 83.1 Å². The van der Waals surface area contributed by atoms with E-state index in [0.717, 1.165) is 36.4 Å². The largest absolute Gasteiger partial charge is 0.494 e. The lowest BCUT2D eigenvalue weighted by Crippen LogP contribution is -2.18. The van der Waals surface area contributed by atoms with Crippen molar-refractivity contribution in [2.45, 2.75) is 26.2 Å². The van der Waals surface area contributed by atoms with Crippen LogP contribution in [0.4, 0.5) is 5.95 Å². The van der Waals surface area contributed by atoms with Crippen molar-refractivity contribution in [1.29, 1.82) is 0 Å². The SMILES string of the molecule is Cc1ccc(Cc2cnc(NCCCOc3cccc(CCN(C)C)c3)[nH]c2=O)cn1. The molecule has 0 spiro atoms. The van der Waals surface area contributed by atoms with Gasteiger partial charge in [-0.1, -0.05) is 18.2 Å². The summed E-state index contributed by atoms with van der Waals surface area (Å²) < 4.78 is 5.86. The van der Waals surface area contributed by atoms with E-state index in [-0.39, 0.29) is 5.56 Å². The number of nitrogens with one attached hydrogen (secondary N) is 2. The molecule has 0 unspecified atom stereocenters. The molecule has 0 saturated heterocycles. The van der Waals surface area contributed by atoms with Gasteiger partial charge in [0, 0.05) is 43.2 Å². The predicted octanol–water partition coefficient (Wildman–Crippen LogP) is 3.05. The molecular weight excluding hydrogens is 390 g/mol. The van der Waals surface area contributed by atoms with Crippen LogP contribution in [0.1, 0.15) is 28.8 Å². The zero-order valence-electron chi connectivity index (χ0n) is 18.5. The Labute approximate surface area is 183 Å². The summed E-state index contributed by atoms with van der Waals surface area (Å²) in [5.74, 6) is 1.36. The van der Waals surface area contributed by atoms with Gasteiger partial charge in [-0.05, 0) is 63.2 Å². The van der Waals surface area contributed by atoms with Crippen LogP contribution in [0.3, 0.4) is 0 Å². The standard InChI is InChI=1S/C24H31N5O2/c1-18-8-9-20(16-26-18)14-21-17-27-24(28-23(21)30)25-11-5-13-31-22-7-4-6-19(15-22)10-12-29(2)3/h4,6-9,15-17H,5,10-14H2,1-3H3,(H2,25,27,28,30). The lowest BCUT2D eigenvalue weighted by atomic mass is 10.1. The maximum Gasteiger partial charge on any atom is 0.255 e. The number of benzene rings is 1. The average Bonchev–Trinajstić information content (AvgIpc) is 2.75. The summed E-state index contributed by atoms with van der Waals surface area (Å²) in [7, 11) is 4.15. The van der Waals surface area contributed by atoms with Crippen LogP contribution >= 0.6 is 0 Å². The summed E-state index contributed by atoms with van der Waals surface area (Å²) >= 11 is 0. The first-order valence-electron chi connectivity index (χ1n) is 10.6. The summed E-state index contributed by atoms with van der Waals surface area (Å²) in [4.78, 5) is 25.9. The number of anilines is 1. The maximum atomic E-state index is 12.3. The Bertz CT molecular complexity index is 1010. The Morgan fingerprint density at radius 1 is 1.10 bits per heavy atom. The normalized spacial score (nSPS) is 11.0. The first-order valence-corrected chi connectivity index (χ1v) is 10.6. The number of aromatic amines is 1. The predicted molar refractivity (Wildman–Crippen MR) is 124 cm³/mol. The van der Waals surface area contributed by atoms with Crippen LogP contribution in [0.5, 0.6) is 5.75 Å². The van der Waals surface area contributed by atoms with E-state index in [1.54, 1.807) is 12.4 Å². The van der Waals surface area contributed by atoms with E-state index in [2.05, 4.69) is 51.4 Å². The Hall–Kier alpha value is -3.19. The van der Waals surface area contributed by atoms with E-state index in [9.17, 15) is 4.79 Å². The van der Waals surface area contributed by atoms with Gasteiger partial charge in [0.25, 0.3) is 5.56 Å². The molecule has 0 radical (unpaired) electrons. The van der Waals surface area contributed by atoms with Gasteiger partial charge in [0.15, 0.2) is 0 Å². The molecule has 3 rings (SSSR count). The number of hydrogen-bond donors (Lipinski definition) is 2. The molecular formula is C24H31N5O2. The molecule has 31 heavy (non-hydrogen) atoms. The molecule has 2 N–H and O–H groups in total. The highest BCUT2D eigenvalue weighted by atomic mass is 16.5. The zero-order chi connectivity index (χ0) is 22.1. The molecule has 0 atom stereocenters. The summed E-state index contributed by atoms with van der Waals surface area (Å²) in [6.07, 6.45) is 5.72. The fourth-order valence-corrected chi connectivity index (χ4v) is 3.07. The second-order valence-corrected chi connectivity index (χ2v) is 7.90. The van der Waals surface area contributed by atoms with Crippen molar-refractivity contribution < 1.29 is 4.74 Å². The number of ether oxygens (including phenoxy) is 1. The minimum Gasteiger partial charge on any atom is -0.494 e. The van der Waals surface area contributed by atoms with Crippen molar-refractivity contribution in [3.05, 3.63) is 81.5 Å². The molecule has 0 aliphatic heterocycles. The zero-order valence-corrected chi connectivity index (χ0v) is 18.5. The third-order valence-electron chi connectivity index (χ3n) is 4.87. The van der Waals surface area contributed by atoms with E-state index in [0.29, 0.717) is 31.1 Å². The van der Waals surface area contributed by atoms with Crippen molar-refractivity contribution >= 4 is 5.95 Å². The molecule has 0 amide bonds. The van der Waals surface area contributed by atoms with E-state index in [1.807, 2.05) is 31.2 Å². The number of nitrogens with zero attached hydrogens (tertiary/aromatic N) is 3. The lowest BCUT2D eigenvalue weighted by molar-refractivity contribution is 0.314. The maximum absolute atomic E-state index is 12.3. The smallest absolute Gasteiger partial charge is 0.255 e. The summed E-state index contributed by atoms with van der Waals surface area (Å²) in [5.41, 5.74) is 3.70. The van der Waals surface area contributed by atoms with Gasteiger partial charge in [-0.2, -0.15) is 0 Å². The Balaban J connectivity index is 1.42. The van der Waals surface area contributed by atoms with Crippen molar-refractivity contribution in [2.75, 3.05) is 39.1 Å². The summed E-state index contributed by atoms with van der Waals surface area (Å²) in [6.45, 7) is 4.20. The molecule has 7 heteroatoms. The molecule has 1 aromatic carbocycles. The van der Waals surface area contributed by atoms with Crippen molar-refractivity contribution in [2.24, 2.45) is 0 Å². The number of hydrogen-bond acceptors (Lipinski definition) is 6. The van der Waals surface area contributed by atoms with Gasteiger partial charge in [-0.3, -0.25) is 14.8 Å².